The molecule has 0 radical (unpaired) electrons. The first kappa shape index (κ1) is 17.3. The fourth-order valence-corrected chi connectivity index (χ4v) is 2.44. The minimum absolute atomic E-state index is 0.121. The van der Waals surface area contributed by atoms with Gasteiger partial charge in [-0.25, -0.2) is 4.79 Å². The molecule has 6 nitrogen and oxygen atoms in total. The Labute approximate surface area is 137 Å². The lowest BCUT2D eigenvalue weighted by Crippen LogP contribution is -2.52. The van der Waals surface area contributed by atoms with Crippen LogP contribution < -0.4 is 10.6 Å². The number of rotatable bonds is 7. The normalized spacial score (nSPS) is 19.6. The number of hydrogen-bond donors (Lipinski definition) is 2. The predicted molar refractivity (Wildman–Crippen MR) is 87.9 cm³/mol. The highest BCUT2D eigenvalue weighted by Gasteiger charge is 2.30. The SMILES string of the molecule is CN(C)C(=O)CCNC1CC(NC(=O)OCc2ccccc2)C1. The zero-order valence-corrected chi connectivity index (χ0v) is 13.7. The van der Waals surface area contributed by atoms with Gasteiger partial charge < -0.3 is 20.3 Å². The molecule has 1 aliphatic rings. The minimum Gasteiger partial charge on any atom is -0.445 e. The van der Waals surface area contributed by atoms with E-state index in [1.165, 1.54) is 0 Å². The van der Waals surface area contributed by atoms with E-state index in [1.54, 1.807) is 19.0 Å². The van der Waals surface area contributed by atoms with E-state index >= 15 is 0 Å². The number of amides is 2. The minimum atomic E-state index is -0.375. The predicted octanol–water partition coefficient (Wildman–Crippen LogP) is 1.51. The van der Waals surface area contributed by atoms with Crippen molar-refractivity contribution >= 4 is 12.0 Å². The van der Waals surface area contributed by atoms with Crippen molar-refractivity contribution < 1.29 is 14.3 Å². The molecule has 23 heavy (non-hydrogen) atoms. The van der Waals surface area contributed by atoms with Crippen LogP contribution in [0.15, 0.2) is 30.3 Å². The summed E-state index contributed by atoms with van der Waals surface area (Å²) in [5, 5.41) is 6.18. The van der Waals surface area contributed by atoms with Crippen LogP contribution in [0, 0.1) is 0 Å². The first-order valence-corrected chi connectivity index (χ1v) is 7.95. The summed E-state index contributed by atoms with van der Waals surface area (Å²) in [7, 11) is 3.51. The summed E-state index contributed by atoms with van der Waals surface area (Å²) in [6.07, 6.45) is 1.87. The molecular weight excluding hydrogens is 294 g/mol. The Morgan fingerprint density at radius 2 is 1.87 bits per heavy atom. The fraction of sp³-hybridized carbons (Fsp3) is 0.529. The third kappa shape index (κ3) is 5.90. The maximum atomic E-state index is 11.7. The van der Waals surface area contributed by atoms with Gasteiger partial charge in [0.25, 0.3) is 0 Å². The number of nitrogens with one attached hydrogen (secondary N) is 2. The summed E-state index contributed by atoms with van der Waals surface area (Å²) in [6.45, 7) is 0.959. The number of alkyl carbamates (subject to hydrolysis) is 1. The molecule has 1 aromatic rings. The third-order valence-electron chi connectivity index (χ3n) is 3.94. The molecule has 1 aromatic carbocycles. The Morgan fingerprint density at radius 1 is 1.17 bits per heavy atom. The van der Waals surface area contributed by atoms with Crippen molar-refractivity contribution in [1.29, 1.82) is 0 Å². The highest BCUT2D eigenvalue weighted by molar-refractivity contribution is 5.75. The number of carbonyl (C=O) groups excluding carboxylic acids is 2. The van der Waals surface area contributed by atoms with Crippen LogP contribution in [0.4, 0.5) is 4.79 Å². The standard InChI is InChI=1S/C17H25N3O3/c1-20(2)16(21)8-9-18-14-10-15(11-14)19-17(22)23-12-13-6-4-3-5-7-13/h3-7,14-15,18H,8-12H2,1-2H3,(H,19,22). The Kier molecular flexibility index (Phi) is 6.40. The van der Waals surface area contributed by atoms with Gasteiger partial charge in [0.2, 0.25) is 5.91 Å². The van der Waals surface area contributed by atoms with Crippen LogP contribution in [-0.2, 0) is 16.1 Å². The van der Waals surface area contributed by atoms with Crippen LogP contribution in [0.25, 0.3) is 0 Å². The molecule has 0 unspecified atom stereocenters. The second-order valence-corrected chi connectivity index (χ2v) is 6.06. The number of nitrogens with zero attached hydrogens (tertiary/aromatic N) is 1. The number of hydrogen-bond acceptors (Lipinski definition) is 4. The molecule has 1 aliphatic carbocycles. The number of ether oxygens (including phenoxy) is 1. The molecule has 1 fully saturated rings. The molecule has 1 saturated carbocycles. The van der Waals surface area contributed by atoms with Gasteiger partial charge in [0.15, 0.2) is 0 Å². The first-order valence-electron chi connectivity index (χ1n) is 7.95. The van der Waals surface area contributed by atoms with Crippen molar-refractivity contribution in [2.45, 2.75) is 38.0 Å². The summed E-state index contributed by atoms with van der Waals surface area (Å²) >= 11 is 0. The smallest absolute Gasteiger partial charge is 0.407 e. The van der Waals surface area contributed by atoms with Gasteiger partial charge in [-0.05, 0) is 18.4 Å². The van der Waals surface area contributed by atoms with Gasteiger partial charge in [-0.2, -0.15) is 0 Å². The maximum absolute atomic E-state index is 11.7. The van der Waals surface area contributed by atoms with Crippen molar-refractivity contribution in [1.82, 2.24) is 15.5 Å². The third-order valence-corrected chi connectivity index (χ3v) is 3.94. The highest BCUT2D eigenvalue weighted by atomic mass is 16.5. The lowest BCUT2D eigenvalue weighted by atomic mass is 9.87. The Bertz CT molecular complexity index is 513. The highest BCUT2D eigenvalue weighted by Crippen LogP contribution is 2.20. The molecule has 2 N–H and O–H groups in total. The zero-order chi connectivity index (χ0) is 16.7. The Hall–Kier alpha value is -2.08. The Morgan fingerprint density at radius 3 is 2.52 bits per heavy atom. The molecule has 0 spiro atoms. The van der Waals surface area contributed by atoms with Gasteiger partial charge in [0.05, 0.1) is 0 Å². The van der Waals surface area contributed by atoms with Crippen molar-refractivity contribution in [2.75, 3.05) is 20.6 Å². The largest absolute Gasteiger partial charge is 0.445 e. The lowest BCUT2D eigenvalue weighted by Gasteiger charge is -2.36. The van der Waals surface area contributed by atoms with E-state index in [0.29, 0.717) is 19.0 Å². The van der Waals surface area contributed by atoms with E-state index in [9.17, 15) is 9.59 Å². The molecular formula is C17H25N3O3. The molecule has 0 heterocycles. The average molecular weight is 319 g/mol. The van der Waals surface area contributed by atoms with E-state index < -0.39 is 0 Å². The van der Waals surface area contributed by atoms with E-state index in [0.717, 1.165) is 18.4 Å². The van der Waals surface area contributed by atoms with Gasteiger partial charge in [0, 0.05) is 39.1 Å². The molecule has 0 bridgehead atoms. The van der Waals surface area contributed by atoms with Crippen LogP contribution in [-0.4, -0.2) is 49.6 Å². The van der Waals surface area contributed by atoms with Crippen LogP contribution in [0.3, 0.4) is 0 Å². The molecule has 0 aliphatic heterocycles. The van der Waals surface area contributed by atoms with Crippen LogP contribution in [0.2, 0.25) is 0 Å². The van der Waals surface area contributed by atoms with E-state index in [2.05, 4.69) is 10.6 Å². The number of carbonyl (C=O) groups is 2. The maximum Gasteiger partial charge on any atom is 0.407 e. The molecule has 126 valence electrons. The fourth-order valence-electron chi connectivity index (χ4n) is 2.44. The van der Waals surface area contributed by atoms with Crippen molar-refractivity contribution in [3.8, 4) is 0 Å². The summed E-state index contributed by atoms with van der Waals surface area (Å²) in [4.78, 5) is 24.7. The van der Waals surface area contributed by atoms with Gasteiger partial charge in [0.1, 0.15) is 6.61 Å². The summed E-state index contributed by atoms with van der Waals surface area (Å²) in [5.74, 6) is 0.121. The van der Waals surface area contributed by atoms with E-state index in [-0.39, 0.29) is 24.6 Å². The molecule has 6 heteroatoms. The summed E-state index contributed by atoms with van der Waals surface area (Å²) in [6, 6.07) is 10.1. The van der Waals surface area contributed by atoms with Crippen LogP contribution >= 0.6 is 0 Å². The quantitative estimate of drug-likeness (QED) is 0.799. The van der Waals surface area contributed by atoms with Crippen LogP contribution in [0.5, 0.6) is 0 Å². The van der Waals surface area contributed by atoms with Gasteiger partial charge in [-0.15, -0.1) is 0 Å². The summed E-state index contributed by atoms with van der Waals surface area (Å²) < 4.78 is 5.19. The zero-order valence-electron chi connectivity index (χ0n) is 13.7. The van der Waals surface area contributed by atoms with Crippen molar-refractivity contribution in [3.63, 3.8) is 0 Å². The van der Waals surface area contributed by atoms with E-state index in [1.807, 2.05) is 30.3 Å². The lowest BCUT2D eigenvalue weighted by molar-refractivity contribution is -0.128. The second kappa shape index (κ2) is 8.53. The van der Waals surface area contributed by atoms with Crippen LogP contribution in [0.1, 0.15) is 24.8 Å². The average Bonchev–Trinajstić information content (AvgIpc) is 2.51. The Balaban J connectivity index is 1.53. The van der Waals surface area contributed by atoms with Crippen molar-refractivity contribution in [2.24, 2.45) is 0 Å². The monoisotopic (exact) mass is 319 g/mol. The molecule has 2 amide bonds. The van der Waals surface area contributed by atoms with Gasteiger partial charge in [-0.1, -0.05) is 30.3 Å². The molecule has 0 aromatic heterocycles. The number of benzene rings is 1. The second-order valence-electron chi connectivity index (χ2n) is 6.06. The molecule has 0 atom stereocenters. The molecule has 2 rings (SSSR count). The first-order chi connectivity index (χ1) is 11.0. The summed E-state index contributed by atoms with van der Waals surface area (Å²) in [5.41, 5.74) is 0.973. The van der Waals surface area contributed by atoms with Crippen molar-refractivity contribution in [3.05, 3.63) is 35.9 Å². The van der Waals surface area contributed by atoms with Gasteiger partial charge >= 0.3 is 6.09 Å². The topological polar surface area (TPSA) is 70.7 Å². The van der Waals surface area contributed by atoms with E-state index in [4.69, 9.17) is 4.74 Å². The molecule has 0 saturated heterocycles. The van der Waals surface area contributed by atoms with Gasteiger partial charge in [-0.3, -0.25) is 4.79 Å².